The van der Waals surface area contributed by atoms with Gasteiger partial charge in [-0.2, -0.15) is 0 Å². The van der Waals surface area contributed by atoms with Gasteiger partial charge in [-0.15, -0.1) is 11.3 Å². The van der Waals surface area contributed by atoms with Crippen LogP contribution in [0.15, 0.2) is 36.0 Å². The molecular formula is C22H33N7OS. The molecule has 0 bridgehead atoms. The molecule has 2 aromatic heterocycles. The Hall–Kier alpha value is -2.23. The summed E-state index contributed by atoms with van der Waals surface area (Å²) in [5, 5.41) is 8.23. The van der Waals surface area contributed by atoms with Gasteiger partial charge in [-0.3, -0.25) is 9.80 Å². The highest BCUT2D eigenvalue weighted by Gasteiger charge is 2.24. The van der Waals surface area contributed by atoms with Crippen LogP contribution < -0.4 is 15.5 Å². The zero-order chi connectivity index (χ0) is 21.3. The molecule has 0 saturated carbocycles. The Balaban J connectivity index is 1.11. The average molecular weight is 444 g/mol. The number of urea groups is 1. The molecule has 0 spiro atoms. The number of hydrogen-bond acceptors (Lipinski definition) is 7. The molecule has 8 nitrogen and oxygen atoms in total. The van der Waals surface area contributed by atoms with Crippen molar-refractivity contribution in [2.24, 2.45) is 0 Å². The fraction of sp³-hybridized carbons (Fsp3) is 0.591. The number of rotatable bonds is 9. The first kappa shape index (κ1) is 22.0. The van der Waals surface area contributed by atoms with Gasteiger partial charge in [0.2, 0.25) is 5.95 Å². The topological polar surface area (TPSA) is 76.6 Å². The van der Waals surface area contributed by atoms with E-state index in [1.807, 2.05) is 6.07 Å². The van der Waals surface area contributed by atoms with Crippen LogP contribution in [-0.2, 0) is 0 Å². The highest BCUT2D eigenvalue weighted by Crippen LogP contribution is 2.27. The van der Waals surface area contributed by atoms with Crippen LogP contribution >= 0.6 is 11.3 Å². The van der Waals surface area contributed by atoms with Gasteiger partial charge in [0.1, 0.15) is 0 Å². The van der Waals surface area contributed by atoms with Gasteiger partial charge in [0.25, 0.3) is 0 Å². The highest BCUT2D eigenvalue weighted by molar-refractivity contribution is 7.10. The summed E-state index contributed by atoms with van der Waals surface area (Å²) in [6.07, 6.45) is 7.04. The van der Waals surface area contributed by atoms with Crippen molar-refractivity contribution in [3.8, 4) is 0 Å². The van der Waals surface area contributed by atoms with E-state index in [0.717, 1.165) is 58.2 Å². The zero-order valence-corrected chi connectivity index (χ0v) is 18.9. The molecule has 168 valence electrons. The van der Waals surface area contributed by atoms with E-state index < -0.39 is 0 Å². The first-order valence-corrected chi connectivity index (χ1v) is 12.2. The van der Waals surface area contributed by atoms with E-state index in [-0.39, 0.29) is 12.1 Å². The van der Waals surface area contributed by atoms with Crippen LogP contribution in [0.5, 0.6) is 0 Å². The average Bonchev–Trinajstić information content (AvgIpc) is 3.53. The number of amides is 2. The van der Waals surface area contributed by atoms with Crippen LogP contribution in [-0.4, -0.2) is 84.7 Å². The molecule has 4 rings (SSSR count). The lowest BCUT2D eigenvalue weighted by Gasteiger charge is -2.34. The van der Waals surface area contributed by atoms with Crippen LogP contribution in [0, 0.1) is 0 Å². The lowest BCUT2D eigenvalue weighted by Crippen LogP contribution is -2.47. The number of carbonyl (C=O) groups excluding carboxylic acids is 1. The predicted octanol–water partition coefficient (Wildman–Crippen LogP) is 2.19. The maximum atomic E-state index is 12.3. The summed E-state index contributed by atoms with van der Waals surface area (Å²) >= 11 is 1.78. The minimum atomic E-state index is -0.0631. The number of thiophene rings is 1. The first-order chi connectivity index (χ1) is 15.3. The van der Waals surface area contributed by atoms with Gasteiger partial charge in [0, 0.05) is 56.5 Å². The molecule has 2 fully saturated rings. The summed E-state index contributed by atoms with van der Waals surface area (Å²) in [7, 11) is 0. The van der Waals surface area contributed by atoms with E-state index in [1.165, 1.54) is 17.7 Å². The Labute approximate surface area is 188 Å². The number of anilines is 1. The third kappa shape index (κ3) is 6.38. The van der Waals surface area contributed by atoms with Crippen molar-refractivity contribution in [1.82, 2.24) is 30.4 Å². The van der Waals surface area contributed by atoms with Gasteiger partial charge in [0.05, 0.1) is 6.04 Å². The quantitative estimate of drug-likeness (QED) is 0.579. The summed E-state index contributed by atoms with van der Waals surface area (Å²) in [4.78, 5) is 29.5. The largest absolute Gasteiger partial charge is 0.338 e. The third-order valence-electron chi connectivity index (χ3n) is 6.05. The van der Waals surface area contributed by atoms with E-state index >= 15 is 0 Å². The standard InChI is InChI=1S/C22H33N7OS/c30-22(26-18-19(20-6-3-17-31-20)28-11-1-2-12-28)25-9-5-10-27-13-15-29(16-14-27)21-23-7-4-8-24-21/h3-4,6-8,17,19H,1-2,5,9-16,18H2,(H2,25,26,30). The van der Waals surface area contributed by atoms with Crippen LogP contribution in [0.25, 0.3) is 0 Å². The monoisotopic (exact) mass is 443 g/mol. The number of hydrogen-bond donors (Lipinski definition) is 2. The van der Waals surface area contributed by atoms with Crippen molar-refractivity contribution in [1.29, 1.82) is 0 Å². The molecule has 2 saturated heterocycles. The van der Waals surface area contributed by atoms with Gasteiger partial charge in [0.15, 0.2) is 0 Å². The number of nitrogens with zero attached hydrogens (tertiary/aromatic N) is 5. The van der Waals surface area contributed by atoms with E-state index in [4.69, 9.17) is 0 Å². The lowest BCUT2D eigenvalue weighted by atomic mass is 10.2. The minimum absolute atomic E-state index is 0.0631. The fourth-order valence-electron chi connectivity index (χ4n) is 4.33. The van der Waals surface area contributed by atoms with Gasteiger partial charge >= 0.3 is 6.03 Å². The predicted molar refractivity (Wildman–Crippen MR) is 125 cm³/mol. The Morgan fingerprint density at radius 3 is 2.52 bits per heavy atom. The minimum Gasteiger partial charge on any atom is -0.338 e. The number of aromatic nitrogens is 2. The van der Waals surface area contributed by atoms with E-state index in [1.54, 1.807) is 23.7 Å². The summed E-state index contributed by atoms with van der Waals surface area (Å²) in [6.45, 7) is 8.49. The number of carbonyl (C=O) groups is 1. The molecule has 0 radical (unpaired) electrons. The first-order valence-electron chi connectivity index (χ1n) is 11.3. The summed E-state index contributed by atoms with van der Waals surface area (Å²) in [5.41, 5.74) is 0. The van der Waals surface area contributed by atoms with E-state index in [9.17, 15) is 4.79 Å². The Morgan fingerprint density at radius 2 is 1.81 bits per heavy atom. The van der Waals surface area contributed by atoms with Gasteiger partial charge in [-0.25, -0.2) is 14.8 Å². The van der Waals surface area contributed by atoms with Crippen molar-refractivity contribution in [3.05, 3.63) is 40.8 Å². The van der Waals surface area contributed by atoms with E-state index in [2.05, 4.69) is 52.8 Å². The molecule has 1 unspecified atom stereocenters. The van der Waals surface area contributed by atoms with Crippen molar-refractivity contribution < 1.29 is 4.79 Å². The van der Waals surface area contributed by atoms with Crippen LogP contribution in [0.3, 0.4) is 0 Å². The Bertz CT molecular complexity index is 774. The zero-order valence-electron chi connectivity index (χ0n) is 18.1. The second-order valence-corrected chi connectivity index (χ2v) is 9.12. The Morgan fingerprint density at radius 1 is 1.03 bits per heavy atom. The van der Waals surface area contributed by atoms with Crippen molar-refractivity contribution in [2.75, 3.05) is 63.8 Å². The molecule has 2 aliphatic heterocycles. The molecule has 4 heterocycles. The molecule has 1 atom stereocenters. The van der Waals surface area contributed by atoms with Gasteiger partial charge in [-0.1, -0.05) is 6.07 Å². The fourth-order valence-corrected chi connectivity index (χ4v) is 5.19. The smallest absolute Gasteiger partial charge is 0.314 e. The Kier molecular flexibility index (Phi) is 8.09. The second kappa shape index (κ2) is 11.4. The summed E-state index contributed by atoms with van der Waals surface area (Å²) < 4.78 is 0. The maximum absolute atomic E-state index is 12.3. The number of piperazine rings is 1. The number of nitrogens with one attached hydrogen (secondary N) is 2. The van der Waals surface area contributed by atoms with Gasteiger partial charge in [-0.05, 0) is 56.4 Å². The molecule has 2 N–H and O–H groups in total. The summed E-state index contributed by atoms with van der Waals surface area (Å²) in [6, 6.07) is 6.34. The second-order valence-electron chi connectivity index (χ2n) is 8.14. The molecule has 2 aliphatic rings. The molecule has 2 aromatic rings. The molecular weight excluding hydrogens is 410 g/mol. The van der Waals surface area contributed by atoms with E-state index in [0.29, 0.717) is 13.1 Å². The lowest BCUT2D eigenvalue weighted by molar-refractivity contribution is 0.220. The normalized spacial score (nSPS) is 18.8. The maximum Gasteiger partial charge on any atom is 0.314 e. The number of likely N-dealkylation sites (tertiary alicyclic amines) is 1. The highest BCUT2D eigenvalue weighted by atomic mass is 32.1. The molecule has 0 aliphatic carbocycles. The summed E-state index contributed by atoms with van der Waals surface area (Å²) in [5.74, 6) is 0.815. The molecule has 31 heavy (non-hydrogen) atoms. The third-order valence-corrected chi connectivity index (χ3v) is 7.03. The molecule has 0 aromatic carbocycles. The van der Waals surface area contributed by atoms with Crippen LogP contribution in [0.4, 0.5) is 10.7 Å². The van der Waals surface area contributed by atoms with Gasteiger partial charge < -0.3 is 15.5 Å². The molecule has 9 heteroatoms. The molecule has 2 amide bonds. The van der Waals surface area contributed by atoms with Crippen molar-refractivity contribution >= 4 is 23.3 Å². The van der Waals surface area contributed by atoms with Crippen molar-refractivity contribution in [3.63, 3.8) is 0 Å². The van der Waals surface area contributed by atoms with Crippen molar-refractivity contribution in [2.45, 2.75) is 25.3 Å². The van der Waals surface area contributed by atoms with Crippen LogP contribution in [0.1, 0.15) is 30.2 Å². The van der Waals surface area contributed by atoms with Crippen LogP contribution in [0.2, 0.25) is 0 Å². The SMILES string of the molecule is O=C(NCCCN1CCN(c2ncccn2)CC1)NCC(c1cccs1)N1CCCC1.